The average Bonchev–Trinajstić information content (AvgIpc) is 1.61. The number of amides is 8. The van der Waals surface area contributed by atoms with E-state index < -0.39 is 53.5 Å². The topological polar surface area (TPSA) is 450 Å². The number of nitrogens with zero attached hydrogens (tertiary/aromatic N) is 10. The molecule has 5 unspecified atom stereocenters. The number of aliphatic hydroxyl groups is 1. The summed E-state index contributed by atoms with van der Waals surface area (Å²) in [6, 6.07) is 67.5. The van der Waals surface area contributed by atoms with Gasteiger partial charge in [-0.05, 0) is 246 Å². The Bertz CT molecular complexity index is 7250. The Morgan fingerprint density at radius 3 is 1.01 bits per heavy atom. The van der Waals surface area contributed by atoms with E-state index in [9.17, 15) is 65.4 Å². The Balaban J connectivity index is 0.000000142. The monoisotopic (exact) mass is 1940 g/mol. The van der Waals surface area contributed by atoms with Gasteiger partial charge in [-0.1, -0.05) is 121 Å². The summed E-state index contributed by atoms with van der Waals surface area (Å²) in [5.41, 5.74) is 54.8. The fourth-order valence-electron chi connectivity index (χ4n) is 18.0. The van der Waals surface area contributed by atoms with Crippen LogP contribution in [0.25, 0.3) is 110 Å². The van der Waals surface area contributed by atoms with Gasteiger partial charge in [0.05, 0.1) is 65.1 Å². The lowest BCUT2D eigenvalue weighted by molar-refractivity contribution is -0.122. The van der Waals surface area contributed by atoms with Gasteiger partial charge in [-0.15, -0.1) is 0 Å². The second-order valence-corrected chi connectivity index (χ2v) is 35.9. The second kappa shape index (κ2) is 46.6. The maximum atomic E-state index is 13.4. The van der Waals surface area contributed by atoms with Gasteiger partial charge < -0.3 is 60.0 Å². The highest BCUT2D eigenvalue weighted by Gasteiger charge is 2.35. The molecule has 0 aliphatic carbocycles. The molecule has 3 aliphatic rings. The number of hydrogen-bond donors (Lipinski definition) is 9. The number of ether oxygens (including phenoxy) is 2. The predicted octanol–water partition coefficient (Wildman–Crippen LogP) is 13.4. The molecule has 18 rings (SSSR count). The zero-order valence-corrected chi connectivity index (χ0v) is 79.5. The molecular formula is C109H109F5N18O11. The number of fused-ring (bicyclic) bond motifs is 5. The van der Waals surface area contributed by atoms with Gasteiger partial charge in [-0.3, -0.25) is 62.9 Å². The Kier molecular flexibility index (Phi) is 33.6. The van der Waals surface area contributed by atoms with Crippen LogP contribution in [0.4, 0.5) is 22.0 Å². The average molecular weight is 1940 g/mol. The number of methoxy groups -OCH3 is 1. The molecular weight excluding hydrogens is 1830 g/mol. The van der Waals surface area contributed by atoms with Gasteiger partial charge in [0, 0.05) is 119 Å². The molecule has 143 heavy (non-hydrogen) atoms. The maximum absolute atomic E-state index is 13.4. The summed E-state index contributed by atoms with van der Waals surface area (Å²) in [7, 11) is 5.47. The molecule has 16 N–H and O–H groups in total. The van der Waals surface area contributed by atoms with Crippen LogP contribution in [0, 0.1) is 29.1 Å². The zero-order valence-electron chi connectivity index (χ0n) is 79.5. The van der Waals surface area contributed by atoms with Gasteiger partial charge >= 0.3 is 0 Å². The number of pyridine rings is 5. The lowest BCUT2D eigenvalue weighted by atomic mass is 9.98. The van der Waals surface area contributed by atoms with Crippen molar-refractivity contribution in [2.24, 2.45) is 40.1 Å². The molecule has 10 aromatic carbocycles. The lowest BCUT2D eigenvalue weighted by Crippen LogP contribution is -2.44. The number of carbonyl (C=O) groups excluding carboxylic acids is 8. The van der Waals surface area contributed by atoms with Crippen LogP contribution in [-0.2, 0) is 56.6 Å². The van der Waals surface area contributed by atoms with Gasteiger partial charge in [0.25, 0.3) is 29.5 Å². The third kappa shape index (κ3) is 27.1. The third-order valence-corrected chi connectivity index (χ3v) is 24.5. The van der Waals surface area contributed by atoms with Crippen LogP contribution in [0.5, 0.6) is 0 Å². The molecule has 0 saturated carbocycles. The molecule has 736 valence electrons. The van der Waals surface area contributed by atoms with Gasteiger partial charge in [0.1, 0.15) is 57.6 Å². The fraction of sp³-hybridized carbons (Fsp3) is 0.239. The molecule has 3 saturated heterocycles. The first kappa shape index (κ1) is 103. The number of benzene rings is 10. The summed E-state index contributed by atoms with van der Waals surface area (Å²) in [6.45, 7) is 14.2. The molecule has 3 aliphatic heterocycles. The summed E-state index contributed by atoms with van der Waals surface area (Å²) < 4.78 is 77.5. The van der Waals surface area contributed by atoms with Crippen molar-refractivity contribution in [3.63, 3.8) is 0 Å². The lowest BCUT2D eigenvalue weighted by Gasteiger charge is -2.35. The molecule has 0 bridgehead atoms. The molecule has 8 heterocycles. The number of aliphatic hydroxyl groups excluding tert-OH is 1. The number of primary amides is 7. The summed E-state index contributed by atoms with van der Waals surface area (Å²) in [6.07, 6.45) is 1.02. The van der Waals surface area contributed by atoms with Gasteiger partial charge in [0.2, 0.25) is 17.7 Å². The second-order valence-electron chi connectivity index (χ2n) is 35.9. The minimum Gasteiger partial charge on any atom is -0.392 e. The van der Waals surface area contributed by atoms with Crippen molar-refractivity contribution < 1.29 is 74.9 Å². The number of nitrogens with two attached hydrogens (primary N) is 7. The van der Waals surface area contributed by atoms with Crippen LogP contribution in [0.3, 0.4) is 0 Å². The Morgan fingerprint density at radius 1 is 0.406 bits per heavy atom. The highest BCUT2D eigenvalue weighted by Crippen LogP contribution is 2.38. The van der Waals surface area contributed by atoms with Crippen LogP contribution in [0.15, 0.2) is 243 Å². The maximum Gasteiger partial charge on any atom is 0.267 e. The Hall–Kier alpha value is -15.7. The summed E-state index contributed by atoms with van der Waals surface area (Å²) in [5, 5.41) is 17.1. The van der Waals surface area contributed by atoms with Gasteiger partial charge in [-0.25, -0.2) is 46.9 Å². The van der Waals surface area contributed by atoms with E-state index in [0.717, 1.165) is 164 Å². The third-order valence-electron chi connectivity index (χ3n) is 24.5. The van der Waals surface area contributed by atoms with Crippen LogP contribution < -0.4 is 45.5 Å². The van der Waals surface area contributed by atoms with Crippen molar-refractivity contribution in [3.8, 4) is 55.6 Å². The number of rotatable bonds is 27. The number of likely N-dealkylation sites (tertiary alicyclic amines) is 2. The van der Waals surface area contributed by atoms with Crippen LogP contribution >= 0.6 is 0 Å². The number of β-amino-alcohol motifs (C(OH)–C–C–N with tert-alkyl or cyclic N) is 1. The van der Waals surface area contributed by atoms with Crippen LogP contribution in [0.2, 0.25) is 0 Å². The first-order valence-corrected chi connectivity index (χ1v) is 46.1. The van der Waals surface area contributed by atoms with E-state index in [1.165, 1.54) is 67.6 Å². The van der Waals surface area contributed by atoms with Crippen molar-refractivity contribution in [1.29, 1.82) is 0 Å². The first-order chi connectivity index (χ1) is 68.4. The number of carbonyl (C=O) groups is 8. The number of morpholine rings is 1. The van der Waals surface area contributed by atoms with E-state index in [2.05, 4.69) is 64.9 Å². The van der Waals surface area contributed by atoms with Gasteiger partial charge in [0.15, 0.2) is 0 Å². The smallest absolute Gasteiger partial charge is 0.267 e. The molecule has 0 radical (unpaired) electrons. The van der Waals surface area contributed by atoms with Crippen molar-refractivity contribution >= 4 is 102 Å². The Morgan fingerprint density at radius 2 is 0.706 bits per heavy atom. The molecule has 8 amide bonds. The fourth-order valence-corrected chi connectivity index (χ4v) is 18.0. The minimum atomic E-state index is -0.665. The number of likely N-dealkylation sites (N-methyl/N-ethyl adjacent to an activating group) is 2. The van der Waals surface area contributed by atoms with E-state index in [1.807, 2.05) is 96.9 Å². The standard InChI is InChI=1S/C23H23FN4O2.C23H24FN3O2.C22H21FN4O3.C21H22FN3O2.C20H19FN4O2/c1-14(29)26-18-8-9-28(13-18)12-15-2-7-19-20(16-3-5-17(24)6-4-16)11-22(23(25)30)27-21(19)10-15;1-14-11-27(12-15(2)29-14)13-16-3-8-19-20(17-4-6-18(24)7-5-17)10-22(23(25)28)26-21(19)9-16;23-14-4-2-13(3-5-14)17-9-19(21(24)29)26-18-7-12(1-6-16(17)18)10-27-11-15(28)8-20(27)22(25)30;1-25(9-10-27-2)13-14-3-8-17-18(15-4-6-16(22)7-5-15)12-20(21(23)26)24-19(17)11-14;1-25(11-19(22)26)10-12-2-7-15-16(13-3-5-14(21)6-4-13)9-18(20(23)27)24-17(15)8-12/h2-7,10-11,18H,8-9,12-13H2,1H3,(H2,25,30)(H,26,29);3-10,14-15H,11-13H2,1-2H3,(H2,25,28);1-7,9,15,20,28H,8,10-11H2,(H2,24,29)(H2,25,30);3-8,11-12H,9-10,13H2,1-2H3,(H2,23,26);2-9H,10-11H2,1H3,(H2,22,26)(H2,23,27). The quantitative estimate of drug-likeness (QED) is 0.0216. The number of nitrogens with one attached hydrogen (secondary N) is 1. The SMILES string of the molecule is CC(=O)NC1CCN(Cc2ccc3c(-c4ccc(F)cc4)cc(C(N)=O)nc3c2)C1.CC1CN(Cc2ccc3c(-c4ccc(F)cc4)cc(C(N)=O)nc3c2)CC(C)O1.CN(CC(N)=O)Cc1ccc2c(-c3ccc(F)cc3)cc(C(N)=O)nc2c1.COCCN(C)Cc1ccc2c(-c3ccc(F)cc3)cc(C(N)=O)nc2c1.NC(=O)c1cc(-c2ccc(F)cc2)c2ccc(CN3CC(O)CC3C(N)=O)cc2n1. The zero-order chi connectivity index (χ0) is 102. The van der Waals surface area contributed by atoms with E-state index >= 15 is 0 Å². The number of hydrogen-bond acceptors (Lipinski definition) is 21. The number of aromatic nitrogens is 5. The van der Waals surface area contributed by atoms with Gasteiger partial charge in [-0.2, -0.15) is 0 Å². The van der Waals surface area contributed by atoms with Crippen molar-refractivity contribution in [1.82, 2.24) is 54.7 Å². The minimum absolute atomic E-state index is 0.0101. The number of halogens is 5. The molecule has 34 heteroatoms. The normalized spacial score (nSPS) is 15.8. The van der Waals surface area contributed by atoms with E-state index in [1.54, 1.807) is 110 Å². The molecule has 3 fully saturated rings. The largest absolute Gasteiger partial charge is 0.392 e. The summed E-state index contributed by atoms with van der Waals surface area (Å²) in [5.74, 6) is -5.63. The van der Waals surface area contributed by atoms with E-state index in [0.29, 0.717) is 65.8 Å². The van der Waals surface area contributed by atoms with Crippen molar-refractivity contribution in [2.75, 3.05) is 73.6 Å². The van der Waals surface area contributed by atoms with E-state index in [4.69, 9.17) is 49.6 Å². The Labute approximate surface area is 821 Å². The van der Waals surface area contributed by atoms with Crippen LogP contribution in [-0.4, -0.2) is 206 Å². The summed E-state index contributed by atoms with van der Waals surface area (Å²) in [4.78, 5) is 125. The predicted molar refractivity (Wildman–Crippen MR) is 539 cm³/mol. The van der Waals surface area contributed by atoms with E-state index in [-0.39, 0.29) is 88.3 Å². The van der Waals surface area contributed by atoms with Crippen molar-refractivity contribution in [2.45, 2.75) is 96.7 Å². The summed E-state index contributed by atoms with van der Waals surface area (Å²) >= 11 is 0. The highest BCUT2D eigenvalue weighted by molar-refractivity contribution is 6.06. The highest BCUT2D eigenvalue weighted by atomic mass is 19.1. The first-order valence-electron chi connectivity index (χ1n) is 46.1. The molecule has 5 aromatic heterocycles. The molecule has 15 aromatic rings. The van der Waals surface area contributed by atoms with Crippen molar-refractivity contribution in [3.05, 3.63) is 328 Å². The molecule has 29 nitrogen and oxygen atoms in total. The molecule has 0 spiro atoms. The molecule has 5 atom stereocenters. The van der Waals surface area contributed by atoms with Crippen LogP contribution in [0.1, 0.15) is 114 Å².